The molecule has 1 heterocycles. The first-order valence-corrected chi connectivity index (χ1v) is 5.69. The van der Waals surface area contributed by atoms with Crippen LogP contribution in [0.25, 0.3) is 0 Å². The van der Waals surface area contributed by atoms with Crippen LogP contribution in [-0.2, 0) is 0 Å². The molecule has 3 N–H and O–H groups in total. The highest BCUT2D eigenvalue weighted by atomic mass is 32.1. The summed E-state index contributed by atoms with van der Waals surface area (Å²) in [6.07, 6.45) is 0. The molecule has 17 heavy (non-hydrogen) atoms. The number of halogens is 2. The van der Waals surface area contributed by atoms with Gasteiger partial charge in [-0.3, -0.25) is 9.59 Å². The summed E-state index contributed by atoms with van der Waals surface area (Å²) in [5.41, 5.74) is 5.23. The molecule has 0 saturated carbocycles. The van der Waals surface area contributed by atoms with Crippen LogP contribution >= 0.6 is 11.3 Å². The first kappa shape index (κ1) is 13.7. The smallest absolute Gasteiger partial charge is 0.277 e. The van der Waals surface area contributed by atoms with Crippen LogP contribution in [0.3, 0.4) is 0 Å². The molecule has 4 nitrogen and oxygen atoms in total. The van der Waals surface area contributed by atoms with E-state index < -0.39 is 24.9 Å². The van der Waals surface area contributed by atoms with Crippen LogP contribution in [0, 0.1) is 0 Å². The minimum atomic E-state index is -3.11. The van der Waals surface area contributed by atoms with Crippen LogP contribution in [0.15, 0.2) is 11.4 Å². The van der Waals surface area contributed by atoms with Gasteiger partial charge < -0.3 is 11.1 Å². The zero-order valence-corrected chi connectivity index (χ0v) is 9.94. The average Bonchev–Trinajstić information content (AvgIpc) is 2.75. The van der Waals surface area contributed by atoms with E-state index in [-0.39, 0.29) is 10.7 Å². The Kier molecular flexibility index (Phi) is 4.30. The van der Waals surface area contributed by atoms with Gasteiger partial charge in [-0.1, -0.05) is 0 Å². The number of amides is 1. The van der Waals surface area contributed by atoms with Crippen molar-refractivity contribution in [1.29, 1.82) is 0 Å². The third-order valence-corrected chi connectivity index (χ3v) is 2.96. The average molecular weight is 262 g/mol. The molecule has 1 rings (SSSR count). The highest BCUT2D eigenvalue weighted by molar-refractivity contribution is 7.12. The molecule has 0 radical (unpaired) electrons. The fourth-order valence-electron chi connectivity index (χ4n) is 1.01. The van der Waals surface area contributed by atoms with Gasteiger partial charge in [0.05, 0.1) is 18.0 Å². The molecule has 0 aliphatic rings. The van der Waals surface area contributed by atoms with E-state index in [4.69, 9.17) is 5.73 Å². The molecule has 0 aromatic carbocycles. The van der Waals surface area contributed by atoms with Crippen molar-refractivity contribution in [1.82, 2.24) is 5.32 Å². The van der Waals surface area contributed by atoms with Crippen molar-refractivity contribution in [2.45, 2.75) is 12.8 Å². The quantitative estimate of drug-likeness (QED) is 0.785. The Morgan fingerprint density at radius 1 is 1.53 bits per heavy atom. The number of rotatable bonds is 5. The number of hydrogen-bond donors (Lipinski definition) is 2. The number of nitrogens with two attached hydrogens (primary N) is 1. The summed E-state index contributed by atoms with van der Waals surface area (Å²) in [5.74, 6) is -3.92. The molecule has 94 valence electrons. The minimum Gasteiger partial charge on any atom is -0.345 e. The van der Waals surface area contributed by atoms with Gasteiger partial charge in [0.25, 0.3) is 11.8 Å². The maximum atomic E-state index is 12.8. The Morgan fingerprint density at radius 2 is 2.18 bits per heavy atom. The van der Waals surface area contributed by atoms with Crippen molar-refractivity contribution < 1.29 is 18.4 Å². The van der Waals surface area contributed by atoms with E-state index in [9.17, 15) is 18.4 Å². The van der Waals surface area contributed by atoms with Gasteiger partial charge in [0, 0.05) is 10.9 Å². The molecular formula is C10H12F2N2O2S. The van der Waals surface area contributed by atoms with Gasteiger partial charge in [0.2, 0.25) is 0 Å². The summed E-state index contributed by atoms with van der Waals surface area (Å²) in [4.78, 5) is 22.7. The van der Waals surface area contributed by atoms with Crippen LogP contribution < -0.4 is 11.1 Å². The second-order valence-corrected chi connectivity index (χ2v) is 4.41. The van der Waals surface area contributed by atoms with Crippen molar-refractivity contribution in [3.05, 3.63) is 21.9 Å². The molecule has 0 aliphatic carbocycles. The van der Waals surface area contributed by atoms with Crippen molar-refractivity contribution in [3.8, 4) is 0 Å². The summed E-state index contributed by atoms with van der Waals surface area (Å²) < 4.78 is 25.5. The van der Waals surface area contributed by atoms with Gasteiger partial charge in [0.1, 0.15) is 0 Å². The van der Waals surface area contributed by atoms with Crippen molar-refractivity contribution in [3.63, 3.8) is 0 Å². The largest absolute Gasteiger partial charge is 0.345 e. The highest BCUT2D eigenvalue weighted by Gasteiger charge is 2.27. The van der Waals surface area contributed by atoms with Gasteiger partial charge in [-0.25, -0.2) is 8.78 Å². The van der Waals surface area contributed by atoms with Crippen molar-refractivity contribution >= 4 is 23.0 Å². The molecule has 1 aromatic rings. The van der Waals surface area contributed by atoms with E-state index in [2.05, 4.69) is 5.32 Å². The second-order valence-electron chi connectivity index (χ2n) is 3.50. The zero-order valence-electron chi connectivity index (χ0n) is 9.13. The maximum absolute atomic E-state index is 12.8. The standard InChI is InChI=1S/C10H12F2N2O2S/c1-6(15)7-2-8(17-3-7)9(16)14-5-10(11,12)4-13/h2-3H,4-5,13H2,1H3,(H,14,16). The molecule has 1 amide bonds. The fourth-order valence-corrected chi connectivity index (χ4v) is 1.87. The number of alkyl halides is 2. The number of nitrogens with one attached hydrogen (secondary N) is 1. The van der Waals surface area contributed by atoms with E-state index in [1.165, 1.54) is 18.4 Å². The van der Waals surface area contributed by atoms with E-state index in [0.717, 1.165) is 11.3 Å². The fraction of sp³-hybridized carbons (Fsp3) is 0.400. The van der Waals surface area contributed by atoms with Crippen LogP contribution in [0.1, 0.15) is 27.0 Å². The normalized spacial score (nSPS) is 11.3. The third kappa shape index (κ3) is 3.86. The molecule has 0 spiro atoms. The Bertz CT molecular complexity index is 432. The molecular weight excluding hydrogens is 250 g/mol. The maximum Gasteiger partial charge on any atom is 0.277 e. The van der Waals surface area contributed by atoms with Crippen LogP contribution in [0.2, 0.25) is 0 Å². The molecule has 7 heteroatoms. The molecule has 0 saturated heterocycles. The Morgan fingerprint density at radius 3 is 2.65 bits per heavy atom. The van der Waals surface area contributed by atoms with E-state index in [1.54, 1.807) is 0 Å². The molecule has 0 aliphatic heterocycles. The Labute approximate surface area is 101 Å². The predicted molar refractivity (Wildman–Crippen MR) is 60.7 cm³/mol. The monoisotopic (exact) mass is 262 g/mol. The van der Waals surface area contributed by atoms with Gasteiger partial charge >= 0.3 is 0 Å². The lowest BCUT2D eigenvalue weighted by Crippen LogP contribution is -2.41. The van der Waals surface area contributed by atoms with Crippen molar-refractivity contribution in [2.75, 3.05) is 13.1 Å². The lowest BCUT2D eigenvalue weighted by Gasteiger charge is -2.13. The molecule has 0 bridgehead atoms. The summed E-state index contributed by atoms with van der Waals surface area (Å²) in [6.45, 7) is -0.266. The number of ketones is 1. The van der Waals surface area contributed by atoms with Gasteiger partial charge in [-0.2, -0.15) is 0 Å². The zero-order chi connectivity index (χ0) is 13.1. The SMILES string of the molecule is CC(=O)c1csc(C(=O)NCC(F)(F)CN)c1. The summed E-state index contributed by atoms with van der Waals surface area (Å²) in [5, 5.41) is 3.58. The number of carbonyl (C=O) groups is 2. The number of hydrogen-bond acceptors (Lipinski definition) is 4. The summed E-state index contributed by atoms with van der Waals surface area (Å²) in [7, 11) is 0. The van der Waals surface area contributed by atoms with Gasteiger partial charge in [-0.15, -0.1) is 11.3 Å². The number of thiophene rings is 1. The van der Waals surface area contributed by atoms with E-state index in [0.29, 0.717) is 5.56 Å². The second kappa shape index (κ2) is 5.33. The lowest BCUT2D eigenvalue weighted by atomic mass is 10.2. The Balaban J connectivity index is 2.61. The summed E-state index contributed by atoms with van der Waals surface area (Å²) >= 11 is 1.04. The molecule has 0 atom stereocenters. The first-order chi connectivity index (χ1) is 7.85. The molecule has 0 fully saturated rings. The van der Waals surface area contributed by atoms with Gasteiger partial charge in [-0.05, 0) is 13.0 Å². The number of carbonyl (C=O) groups excluding carboxylic acids is 2. The first-order valence-electron chi connectivity index (χ1n) is 4.81. The van der Waals surface area contributed by atoms with Gasteiger partial charge in [0.15, 0.2) is 5.78 Å². The van der Waals surface area contributed by atoms with Crippen LogP contribution in [0.4, 0.5) is 8.78 Å². The molecule has 0 unspecified atom stereocenters. The van der Waals surface area contributed by atoms with Crippen molar-refractivity contribution in [2.24, 2.45) is 5.73 Å². The van der Waals surface area contributed by atoms with E-state index >= 15 is 0 Å². The number of Topliss-reactive ketones (excluding diaryl/α,β-unsaturated/α-hetero) is 1. The topological polar surface area (TPSA) is 72.2 Å². The molecule has 1 aromatic heterocycles. The predicted octanol–water partition coefficient (Wildman–Crippen LogP) is 1.27. The summed E-state index contributed by atoms with van der Waals surface area (Å²) in [6, 6.07) is 1.38. The Hall–Kier alpha value is -1.34. The minimum absolute atomic E-state index is 0.174. The highest BCUT2D eigenvalue weighted by Crippen LogP contribution is 2.16. The van der Waals surface area contributed by atoms with E-state index in [1.807, 2.05) is 0 Å². The third-order valence-electron chi connectivity index (χ3n) is 2.04. The lowest BCUT2D eigenvalue weighted by molar-refractivity contribution is 0.0119. The van der Waals surface area contributed by atoms with Crippen LogP contribution in [0.5, 0.6) is 0 Å². The van der Waals surface area contributed by atoms with Crippen LogP contribution in [-0.4, -0.2) is 30.7 Å².